The molecule has 0 spiro atoms. The van der Waals surface area contributed by atoms with Crippen molar-refractivity contribution in [2.75, 3.05) is 26.2 Å². The van der Waals surface area contributed by atoms with Crippen LogP contribution in [0.2, 0.25) is 0 Å². The maximum atomic E-state index is 11.4. The van der Waals surface area contributed by atoms with E-state index >= 15 is 0 Å². The van der Waals surface area contributed by atoms with Crippen molar-refractivity contribution in [2.24, 2.45) is 0 Å². The van der Waals surface area contributed by atoms with E-state index in [1.54, 1.807) is 0 Å². The molecule has 0 rings (SSSR count). The van der Waals surface area contributed by atoms with Gasteiger partial charge >= 0.3 is 0 Å². The highest BCUT2D eigenvalue weighted by molar-refractivity contribution is 9.39. The number of hydrogen-bond donors (Lipinski definition) is 0. The number of hydrogen-bond acceptors (Lipinski definition) is 1. The Morgan fingerprint density at radius 3 is 1.14 bits per heavy atom. The maximum Gasteiger partial charge on any atom is 0.272 e. The lowest BCUT2D eigenvalue weighted by atomic mass is 10.2. The second kappa shape index (κ2) is 17.5. The molecule has 0 aromatic heterocycles. The van der Waals surface area contributed by atoms with E-state index in [-0.39, 0.29) is 0 Å². The van der Waals surface area contributed by atoms with Crippen molar-refractivity contribution in [3.63, 3.8) is 0 Å². The summed E-state index contributed by atoms with van der Waals surface area (Å²) in [6.07, 6.45) is 5.33. The van der Waals surface area contributed by atoms with Crippen molar-refractivity contribution in [3.8, 4) is 0 Å². The lowest BCUT2D eigenvalue weighted by molar-refractivity contribution is -0.928. The Bertz CT molecular complexity index is 220. The molecule has 0 aliphatic carbocycles. The van der Waals surface area contributed by atoms with Crippen LogP contribution in [0.5, 0.6) is 0 Å². The topological polar surface area (TPSA) is 22.3 Å². The molecule has 0 saturated carbocycles. The van der Waals surface area contributed by atoms with Crippen LogP contribution < -0.4 is 0 Å². The molecule has 0 amide bonds. The van der Waals surface area contributed by atoms with Gasteiger partial charge in [-0.1, -0.05) is 39.9 Å². The van der Waals surface area contributed by atoms with Gasteiger partial charge in [-0.2, -0.15) is 5.16 Å². The number of quaternary nitrogens is 1. The summed E-state index contributed by atoms with van der Waals surface area (Å²) in [5.74, 6) is 0. The van der Waals surface area contributed by atoms with Gasteiger partial charge in [0.2, 0.25) is 0 Å². The fourth-order valence-corrected chi connectivity index (χ4v) is 2.57. The molecule has 128 valence electrons. The molecule has 0 atom stereocenters. The van der Waals surface area contributed by atoms with Gasteiger partial charge in [-0.15, -0.1) is 0 Å². The summed E-state index contributed by atoms with van der Waals surface area (Å²) in [7, 11) is 0. The molecule has 0 radical (unpaired) electrons. The molecule has 0 aliphatic rings. The third-order valence-electron chi connectivity index (χ3n) is 2.79. The van der Waals surface area contributed by atoms with Crippen LogP contribution in [0.25, 0.3) is 5.41 Å². The summed E-state index contributed by atoms with van der Waals surface area (Å²) >= 11 is 11.3. The van der Waals surface area contributed by atoms with Gasteiger partial charge < -0.3 is 9.89 Å². The first-order chi connectivity index (χ1) is 9.66. The highest BCUT2D eigenvalue weighted by atomic mass is 80.0. The number of rotatable bonds is 8. The summed E-state index contributed by atoms with van der Waals surface area (Å²) < 4.78 is 11.2. The average molecular weight is 515 g/mol. The number of alkyl halides is 4. The van der Waals surface area contributed by atoms with Crippen LogP contribution in [0.3, 0.4) is 0 Å². The van der Waals surface area contributed by atoms with Gasteiger partial charge in [0.25, 0.3) is 2.40 Å². The summed E-state index contributed by atoms with van der Waals surface area (Å²) in [5.41, 5.74) is 0. The molecule has 0 fully saturated rings. The van der Waals surface area contributed by atoms with E-state index in [1.165, 1.54) is 61.5 Å². The van der Waals surface area contributed by atoms with Crippen LogP contribution in [0.1, 0.15) is 53.4 Å². The van der Waals surface area contributed by atoms with Gasteiger partial charge in [-0.05, 0) is 73.5 Å². The molecule has 0 aromatic rings. The monoisotopic (exact) mass is 512 g/mol. The van der Waals surface area contributed by atoms with E-state index in [2.05, 4.69) is 87.7 Å². The quantitative estimate of drug-likeness (QED) is 0.150. The van der Waals surface area contributed by atoms with E-state index in [1.807, 2.05) is 0 Å². The van der Waals surface area contributed by atoms with Gasteiger partial charge in [0.15, 0.2) is 0 Å². The van der Waals surface area contributed by atoms with Crippen LogP contribution >= 0.6 is 60.0 Å². The second-order valence-electron chi connectivity index (χ2n) is 4.76. The number of halogens is 4. The Balaban J connectivity index is -0.000000335. The lowest BCUT2D eigenvalue weighted by Gasteiger charge is -2.38. The third kappa shape index (κ3) is 26.4. The third-order valence-corrected chi connectivity index (χ3v) is 2.79. The van der Waals surface area contributed by atoms with Gasteiger partial charge in [0.1, 0.15) is 0 Å². The Kier molecular flexibility index (Phi) is 22.5. The van der Waals surface area contributed by atoms with E-state index in [0.29, 0.717) is 0 Å². The minimum Gasteiger partial charge on any atom is -0.753 e. The Hall–Kier alpha value is 1.13. The van der Waals surface area contributed by atoms with Crippen LogP contribution in [-0.4, -0.2) is 38.2 Å². The molecular weight excluding hydrogens is 487 g/mol. The first-order valence-corrected chi connectivity index (χ1v) is 10.1. The predicted molar refractivity (Wildman–Crippen MR) is 107 cm³/mol. The van der Waals surface area contributed by atoms with E-state index in [0.717, 1.165) is 0 Å². The zero-order valence-corrected chi connectivity index (χ0v) is 19.0. The molecule has 0 saturated heterocycles. The van der Waals surface area contributed by atoms with Crippen molar-refractivity contribution in [1.82, 2.24) is 0 Å². The van der Waals surface area contributed by atoms with Crippen molar-refractivity contribution in [1.29, 1.82) is 0 Å². The van der Waals surface area contributed by atoms with E-state index < -0.39 is 2.40 Å². The molecule has 0 unspecified atom stereocenters. The SMILES string of the molecule is CCC[N+](CCC)(CCC)CCC.FC(Br)(Br)Br.[N-]=C=S. The smallest absolute Gasteiger partial charge is 0.272 e. The molecule has 0 aromatic carbocycles. The van der Waals surface area contributed by atoms with Gasteiger partial charge in [-0.3, -0.25) is 0 Å². The number of isothiocyanates is 1. The van der Waals surface area contributed by atoms with Gasteiger partial charge in [-0.25, -0.2) is 4.39 Å². The Morgan fingerprint density at radius 2 is 1.05 bits per heavy atom. The summed E-state index contributed by atoms with van der Waals surface area (Å²) in [6, 6.07) is 0. The standard InChI is InChI=1S/C12H28N.CBr3F.CNS/c1-5-9-13(10-6-2,11-7-3)12-8-4;2-1(3,4)5;2-1-3/h5-12H2,1-4H3;;/q+1;;-1. The molecular formula is C14H28Br3FN2S. The first-order valence-electron chi connectivity index (χ1n) is 7.28. The normalized spacial score (nSPS) is 10.7. The van der Waals surface area contributed by atoms with Gasteiger partial charge in [0.05, 0.1) is 26.2 Å². The second-order valence-corrected chi connectivity index (χ2v) is 11.4. The van der Waals surface area contributed by atoms with Gasteiger partial charge in [0, 0.05) is 0 Å². The molecule has 21 heavy (non-hydrogen) atoms. The molecule has 2 nitrogen and oxygen atoms in total. The Labute approximate surface area is 160 Å². The highest BCUT2D eigenvalue weighted by Crippen LogP contribution is 2.34. The number of nitrogens with zero attached hydrogens (tertiary/aromatic N) is 2. The Morgan fingerprint density at radius 1 is 0.905 bits per heavy atom. The van der Waals surface area contributed by atoms with E-state index in [4.69, 9.17) is 5.41 Å². The number of thiocarbonyl (C=S) groups is 1. The summed E-state index contributed by atoms with van der Waals surface area (Å²) in [4.78, 5) is 0. The van der Waals surface area contributed by atoms with Crippen molar-refractivity contribution in [2.45, 2.75) is 55.8 Å². The zero-order chi connectivity index (χ0) is 17.4. The molecule has 0 N–H and O–H groups in total. The molecule has 7 heteroatoms. The van der Waals surface area contributed by atoms with Crippen LogP contribution in [0.15, 0.2) is 0 Å². The van der Waals surface area contributed by atoms with Crippen molar-refractivity contribution in [3.05, 3.63) is 5.41 Å². The molecule has 0 heterocycles. The average Bonchev–Trinajstić information content (AvgIpc) is 2.29. The zero-order valence-electron chi connectivity index (χ0n) is 13.5. The van der Waals surface area contributed by atoms with Crippen molar-refractivity contribution >= 4 is 65.2 Å². The van der Waals surface area contributed by atoms with Crippen LogP contribution in [0.4, 0.5) is 4.39 Å². The summed E-state index contributed by atoms with van der Waals surface area (Å²) in [6.45, 7) is 14.8. The predicted octanol–water partition coefficient (Wildman–Crippen LogP) is 6.85. The molecule has 0 bridgehead atoms. The van der Waals surface area contributed by atoms with E-state index in [9.17, 15) is 4.39 Å². The first kappa shape index (κ1) is 27.0. The lowest BCUT2D eigenvalue weighted by Crippen LogP contribution is -2.50. The van der Waals surface area contributed by atoms with Crippen LogP contribution in [0, 0.1) is 0 Å². The van der Waals surface area contributed by atoms with Crippen LogP contribution in [-0.2, 0) is 0 Å². The largest absolute Gasteiger partial charge is 0.753 e. The summed E-state index contributed by atoms with van der Waals surface area (Å²) in [5, 5.41) is 8.47. The minimum atomic E-state index is -1.56. The van der Waals surface area contributed by atoms with Crippen molar-refractivity contribution < 1.29 is 8.87 Å². The maximum absolute atomic E-state index is 11.4. The highest BCUT2D eigenvalue weighted by Gasteiger charge is 2.22. The minimum absolute atomic E-state index is 1.33. The fraction of sp³-hybridized carbons (Fsp3) is 0.929. The molecule has 0 aliphatic heterocycles. The fourth-order valence-electron chi connectivity index (χ4n) is 2.57.